The molecule has 40 heavy (non-hydrogen) atoms. The molecule has 0 heterocycles. The molecule has 2 aliphatic rings. The lowest BCUT2D eigenvalue weighted by molar-refractivity contribution is -0.137. The van der Waals surface area contributed by atoms with Gasteiger partial charge in [0.1, 0.15) is 29.7 Å². The molecule has 0 spiro atoms. The highest BCUT2D eigenvalue weighted by molar-refractivity contribution is 5.85. The molecule has 0 aliphatic heterocycles. The molecule has 3 aromatic carbocycles. The topological polar surface area (TPSA) is 55.8 Å². The summed E-state index contributed by atoms with van der Waals surface area (Å²) in [6.45, 7) is 6.40. The van der Waals surface area contributed by atoms with Crippen LogP contribution in [-0.4, -0.2) is 18.2 Å². The summed E-state index contributed by atoms with van der Waals surface area (Å²) in [7, 11) is 1.52. The molecule has 4 nitrogen and oxygen atoms in total. The second-order valence-corrected chi connectivity index (χ2v) is 12.0. The zero-order valence-electron chi connectivity index (χ0n) is 23.5. The largest absolute Gasteiger partial charge is 0.497 e. The van der Waals surface area contributed by atoms with Gasteiger partial charge in [0, 0.05) is 11.1 Å². The van der Waals surface area contributed by atoms with Crippen LogP contribution in [-0.2, 0) is 11.4 Å². The van der Waals surface area contributed by atoms with Crippen molar-refractivity contribution in [1.82, 2.24) is 0 Å². The van der Waals surface area contributed by atoms with Crippen molar-refractivity contribution in [2.45, 2.75) is 65.4 Å². The quantitative estimate of drug-likeness (QED) is 0.276. The Hall–Kier alpha value is -3.67. The van der Waals surface area contributed by atoms with Crippen molar-refractivity contribution >= 4 is 11.5 Å². The first-order valence-electron chi connectivity index (χ1n) is 13.8. The van der Waals surface area contributed by atoms with Crippen molar-refractivity contribution < 1.29 is 28.2 Å². The van der Waals surface area contributed by atoms with Gasteiger partial charge in [-0.05, 0) is 107 Å². The Morgan fingerprint density at radius 3 is 2.35 bits per heavy atom. The number of rotatable bonds is 10. The highest BCUT2D eigenvalue weighted by Crippen LogP contribution is 2.57. The maximum absolute atomic E-state index is 15.6. The van der Waals surface area contributed by atoms with Crippen molar-refractivity contribution in [2.75, 3.05) is 7.11 Å². The summed E-state index contributed by atoms with van der Waals surface area (Å²) >= 11 is 0. The third kappa shape index (κ3) is 5.63. The highest BCUT2D eigenvalue weighted by Gasteiger charge is 2.46. The van der Waals surface area contributed by atoms with Gasteiger partial charge in [-0.25, -0.2) is 8.78 Å². The normalized spacial score (nSPS) is 17.7. The molecular weight excluding hydrogens is 510 g/mol. The summed E-state index contributed by atoms with van der Waals surface area (Å²) in [5, 5.41) is 9.48. The lowest BCUT2D eigenvalue weighted by Gasteiger charge is -2.26. The van der Waals surface area contributed by atoms with Crippen LogP contribution in [0.15, 0.2) is 60.7 Å². The smallest absolute Gasteiger partial charge is 0.303 e. The first-order valence-corrected chi connectivity index (χ1v) is 13.8. The number of halogens is 2. The number of aliphatic carboxylic acids is 1. The van der Waals surface area contributed by atoms with Crippen molar-refractivity contribution in [3.8, 4) is 22.6 Å². The van der Waals surface area contributed by atoms with E-state index in [-0.39, 0.29) is 35.3 Å². The maximum Gasteiger partial charge on any atom is 0.303 e. The summed E-state index contributed by atoms with van der Waals surface area (Å²) in [5.74, 6) is -0.805. The minimum absolute atomic E-state index is 0.0161. The molecular formula is C34H36F2O4. The molecule has 2 aliphatic carbocycles. The van der Waals surface area contributed by atoms with E-state index in [9.17, 15) is 9.90 Å². The van der Waals surface area contributed by atoms with Gasteiger partial charge in [-0.1, -0.05) is 39.0 Å². The molecule has 0 amide bonds. The molecule has 5 rings (SSSR count). The number of ether oxygens (including phenoxy) is 2. The molecule has 1 fully saturated rings. The van der Waals surface area contributed by atoms with Gasteiger partial charge in [-0.2, -0.15) is 0 Å². The van der Waals surface area contributed by atoms with E-state index >= 15 is 8.78 Å². The van der Waals surface area contributed by atoms with Crippen LogP contribution in [0.4, 0.5) is 8.78 Å². The van der Waals surface area contributed by atoms with E-state index in [1.807, 2.05) is 18.2 Å². The molecule has 0 saturated heterocycles. The SMILES string of the molecule is COc1ccc(F)c(-c2cc(F)c(COc3cccc([C@H](CC(=O)O)C4(C)CC4)c3)cc2C2=CCCC2(C)C)c1. The number of methoxy groups -OCH3 is 1. The summed E-state index contributed by atoms with van der Waals surface area (Å²) in [6.07, 6.45) is 6.06. The third-order valence-electron chi connectivity index (χ3n) is 8.70. The second kappa shape index (κ2) is 10.7. The van der Waals surface area contributed by atoms with Gasteiger partial charge in [-0.15, -0.1) is 0 Å². The Morgan fingerprint density at radius 2 is 1.70 bits per heavy atom. The van der Waals surface area contributed by atoms with Crippen LogP contribution in [0.5, 0.6) is 11.5 Å². The monoisotopic (exact) mass is 546 g/mol. The minimum Gasteiger partial charge on any atom is -0.497 e. The van der Waals surface area contributed by atoms with Gasteiger partial charge in [0.25, 0.3) is 0 Å². The lowest BCUT2D eigenvalue weighted by atomic mass is 9.79. The van der Waals surface area contributed by atoms with Crippen LogP contribution in [0.25, 0.3) is 16.7 Å². The van der Waals surface area contributed by atoms with Crippen molar-refractivity contribution in [2.24, 2.45) is 10.8 Å². The van der Waals surface area contributed by atoms with Crippen molar-refractivity contribution in [3.05, 3.63) is 89.0 Å². The lowest BCUT2D eigenvalue weighted by Crippen LogP contribution is -2.15. The summed E-state index contributed by atoms with van der Waals surface area (Å²) in [4.78, 5) is 11.6. The van der Waals surface area contributed by atoms with E-state index in [0.717, 1.165) is 42.4 Å². The number of carboxylic acids is 1. The fraction of sp³-hybridized carbons (Fsp3) is 0.382. The van der Waals surface area contributed by atoms with E-state index < -0.39 is 17.6 Å². The molecule has 1 atom stereocenters. The van der Waals surface area contributed by atoms with Crippen LogP contribution in [0.2, 0.25) is 0 Å². The Labute approximate surface area is 234 Å². The molecule has 3 aromatic rings. The van der Waals surface area contributed by atoms with E-state index in [4.69, 9.17) is 9.47 Å². The van der Waals surface area contributed by atoms with Crippen LogP contribution in [0.3, 0.4) is 0 Å². The van der Waals surface area contributed by atoms with Crippen LogP contribution >= 0.6 is 0 Å². The molecule has 0 bridgehead atoms. The maximum atomic E-state index is 15.6. The van der Waals surface area contributed by atoms with Crippen molar-refractivity contribution in [3.63, 3.8) is 0 Å². The van der Waals surface area contributed by atoms with Gasteiger partial charge in [0.05, 0.1) is 13.5 Å². The van der Waals surface area contributed by atoms with E-state index in [2.05, 4.69) is 26.8 Å². The minimum atomic E-state index is -0.823. The molecule has 0 radical (unpaired) electrons. The van der Waals surface area contributed by atoms with E-state index in [0.29, 0.717) is 22.6 Å². The standard InChI is InChI=1S/C34H36F2O4/c1-33(2)12-6-9-28(33)26-16-22(31(36)18-25(26)27-17-23(39-4)10-11-30(27)35)20-40-24-8-5-7-21(15-24)29(19-32(37)38)34(3)13-14-34/h5,7-11,15-18,29H,6,12-14,19-20H2,1-4H3,(H,37,38)/t29-/m0/s1. The van der Waals surface area contributed by atoms with Gasteiger partial charge in [-0.3, -0.25) is 4.79 Å². The number of hydrogen-bond acceptors (Lipinski definition) is 3. The van der Waals surface area contributed by atoms with E-state index in [1.54, 1.807) is 24.3 Å². The Balaban J connectivity index is 1.49. The van der Waals surface area contributed by atoms with Gasteiger partial charge >= 0.3 is 5.97 Å². The fourth-order valence-corrected chi connectivity index (χ4v) is 5.94. The predicted molar refractivity (Wildman–Crippen MR) is 152 cm³/mol. The Morgan fingerprint density at radius 1 is 0.925 bits per heavy atom. The zero-order chi connectivity index (χ0) is 28.7. The Bertz CT molecular complexity index is 1470. The Kier molecular flexibility index (Phi) is 7.47. The summed E-state index contributed by atoms with van der Waals surface area (Å²) in [6, 6.07) is 15.1. The van der Waals surface area contributed by atoms with Crippen LogP contribution in [0.1, 0.15) is 75.5 Å². The number of allylic oxidation sites excluding steroid dienone is 2. The third-order valence-corrected chi connectivity index (χ3v) is 8.70. The van der Waals surface area contributed by atoms with E-state index in [1.165, 1.54) is 19.2 Å². The first-order chi connectivity index (χ1) is 19.0. The molecule has 1 N–H and O–H groups in total. The first kappa shape index (κ1) is 27.9. The van der Waals surface area contributed by atoms with Gasteiger partial charge in [0.2, 0.25) is 0 Å². The fourth-order valence-electron chi connectivity index (χ4n) is 5.94. The number of carbonyl (C=O) groups is 1. The van der Waals surface area contributed by atoms with Crippen molar-refractivity contribution in [1.29, 1.82) is 0 Å². The molecule has 0 aromatic heterocycles. The molecule has 210 valence electrons. The number of hydrogen-bond donors (Lipinski definition) is 1. The van der Waals surface area contributed by atoms with Crippen LogP contribution in [0, 0.1) is 22.5 Å². The zero-order valence-corrected chi connectivity index (χ0v) is 23.5. The van der Waals surface area contributed by atoms with Gasteiger partial charge in [0.15, 0.2) is 0 Å². The molecule has 0 unspecified atom stereocenters. The highest BCUT2D eigenvalue weighted by atomic mass is 19.1. The average Bonchev–Trinajstić information content (AvgIpc) is 3.57. The molecule has 1 saturated carbocycles. The molecule has 6 heteroatoms. The predicted octanol–water partition coefficient (Wildman–Crippen LogP) is 8.78. The van der Waals surface area contributed by atoms with Crippen LogP contribution < -0.4 is 9.47 Å². The van der Waals surface area contributed by atoms with Gasteiger partial charge < -0.3 is 14.6 Å². The number of benzene rings is 3. The summed E-state index contributed by atoms with van der Waals surface area (Å²) < 4.78 is 42.1. The number of carboxylic acid groups (broad SMARTS) is 1. The summed E-state index contributed by atoms with van der Waals surface area (Å²) in [5.41, 5.74) is 3.73. The average molecular weight is 547 g/mol. The second-order valence-electron chi connectivity index (χ2n) is 12.0.